The smallest absolute Gasteiger partial charge is 0.416 e. The highest BCUT2D eigenvalue weighted by molar-refractivity contribution is 9.10. The van der Waals surface area contributed by atoms with E-state index in [-0.39, 0.29) is 17.7 Å². The largest absolute Gasteiger partial charge is 0.426 e. The van der Waals surface area contributed by atoms with Crippen LogP contribution in [0.15, 0.2) is 52.0 Å². The molecule has 0 atom stereocenters. The van der Waals surface area contributed by atoms with Crippen LogP contribution >= 0.6 is 15.9 Å². The molecular weight excluding hydrogens is 429 g/mol. The van der Waals surface area contributed by atoms with Crippen LogP contribution in [-0.2, 0) is 22.2 Å². The van der Waals surface area contributed by atoms with Gasteiger partial charge in [-0.15, -0.1) is 0 Å². The van der Waals surface area contributed by atoms with Gasteiger partial charge in [0.25, 0.3) is 0 Å². The van der Waals surface area contributed by atoms with Gasteiger partial charge in [0, 0.05) is 17.0 Å². The molecule has 2 aromatic rings. The maximum Gasteiger partial charge on any atom is 0.416 e. The van der Waals surface area contributed by atoms with Crippen LogP contribution in [0.25, 0.3) is 0 Å². The molecule has 0 aromatic heterocycles. The molecule has 0 aliphatic carbocycles. The molecule has 1 amide bonds. The van der Waals surface area contributed by atoms with Gasteiger partial charge in [0.05, 0.1) is 18.2 Å². The van der Waals surface area contributed by atoms with Crippen LogP contribution in [0.5, 0.6) is 5.75 Å². The third kappa shape index (κ3) is 6.52. The summed E-state index contributed by atoms with van der Waals surface area (Å²) in [5.41, 5.74) is 2.05. The van der Waals surface area contributed by atoms with Gasteiger partial charge >= 0.3 is 12.1 Å². The van der Waals surface area contributed by atoms with Gasteiger partial charge in [0.2, 0.25) is 5.91 Å². The van der Waals surface area contributed by atoms with Crippen LogP contribution in [-0.4, -0.2) is 18.1 Å². The first kappa shape index (κ1) is 20.6. The van der Waals surface area contributed by atoms with E-state index in [4.69, 9.17) is 4.74 Å². The quantitative estimate of drug-likeness (QED) is 0.328. The zero-order chi connectivity index (χ0) is 20.0. The molecule has 0 heterocycles. The minimum absolute atomic E-state index is 0.209. The van der Waals surface area contributed by atoms with Crippen molar-refractivity contribution in [3.05, 3.63) is 63.6 Å². The van der Waals surface area contributed by atoms with Gasteiger partial charge in [0.1, 0.15) is 5.75 Å². The summed E-state index contributed by atoms with van der Waals surface area (Å²) in [6, 6.07) is 9.35. The molecule has 5 nitrogen and oxygen atoms in total. The fraction of sp³-hybridized carbons (Fsp3) is 0.167. The second-order valence-electron chi connectivity index (χ2n) is 5.44. The van der Waals surface area contributed by atoms with Gasteiger partial charge in [-0.3, -0.25) is 9.59 Å². The summed E-state index contributed by atoms with van der Waals surface area (Å²) in [5.74, 6) is -0.850. The fourth-order valence-corrected chi connectivity index (χ4v) is 2.50. The number of nitrogens with one attached hydrogen (secondary N) is 1. The zero-order valence-electron chi connectivity index (χ0n) is 14.0. The van der Waals surface area contributed by atoms with Crippen molar-refractivity contribution in [3.8, 4) is 5.75 Å². The van der Waals surface area contributed by atoms with Crippen LogP contribution < -0.4 is 10.2 Å². The van der Waals surface area contributed by atoms with Gasteiger partial charge in [-0.1, -0.05) is 34.1 Å². The monoisotopic (exact) mass is 442 g/mol. The van der Waals surface area contributed by atoms with E-state index in [0.29, 0.717) is 10.0 Å². The van der Waals surface area contributed by atoms with Crippen molar-refractivity contribution in [2.45, 2.75) is 19.5 Å². The highest BCUT2D eigenvalue weighted by atomic mass is 79.9. The molecule has 9 heteroatoms. The highest BCUT2D eigenvalue weighted by Gasteiger charge is 2.30. The maximum absolute atomic E-state index is 12.7. The Morgan fingerprint density at radius 2 is 1.96 bits per heavy atom. The van der Waals surface area contributed by atoms with Crippen molar-refractivity contribution in [2.24, 2.45) is 5.10 Å². The molecule has 0 unspecified atom stereocenters. The van der Waals surface area contributed by atoms with Crippen molar-refractivity contribution in [1.29, 1.82) is 0 Å². The molecule has 2 aromatic carbocycles. The minimum atomic E-state index is -4.47. The Hall–Kier alpha value is -2.68. The number of hydrogen-bond acceptors (Lipinski definition) is 4. The number of halogens is 4. The summed E-state index contributed by atoms with van der Waals surface area (Å²) in [4.78, 5) is 23.0. The third-order valence-corrected chi connectivity index (χ3v) is 3.73. The summed E-state index contributed by atoms with van der Waals surface area (Å²) >= 11 is 3.27. The van der Waals surface area contributed by atoms with Crippen molar-refractivity contribution in [3.63, 3.8) is 0 Å². The zero-order valence-corrected chi connectivity index (χ0v) is 15.6. The fourth-order valence-electron chi connectivity index (χ4n) is 2.12. The molecule has 27 heavy (non-hydrogen) atoms. The second-order valence-corrected chi connectivity index (χ2v) is 6.36. The molecule has 0 aliphatic heterocycles. The normalized spacial score (nSPS) is 11.4. The molecule has 0 aliphatic rings. The van der Waals surface area contributed by atoms with E-state index < -0.39 is 23.6 Å². The Kier molecular flexibility index (Phi) is 6.73. The molecule has 2 rings (SSSR count). The predicted molar refractivity (Wildman–Crippen MR) is 96.3 cm³/mol. The SMILES string of the molecule is CC(=O)Oc1ccc(Br)cc1/C=N\NC(=O)Cc1cccc(C(F)(F)F)c1. The van der Waals surface area contributed by atoms with Crippen LogP contribution in [0.4, 0.5) is 13.2 Å². The van der Waals surface area contributed by atoms with Crippen LogP contribution in [0.3, 0.4) is 0 Å². The van der Waals surface area contributed by atoms with E-state index in [9.17, 15) is 22.8 Å². The van der Waals surface area contributed by atoms with E-state index in [0.717, 1.165) is 12.1 Å². The lowest BCUT2D eigenvalue weighted by molar-refractivity contribution is -0.137. The standard InChI is InChI=1S/C18H14BrF3N2O3/c1-11(25)27-16-6-5-15(19)9-13(16)10-23-24-17(26)8-12-3-2-4-14(7-12)18(20,21)22/h2-7,9-10H,8H2,1H3,(H,24,26)/b23-10-. The van der Waals surface area contributed by atoms with E-state index in [1.165, 1.54) is 25.3 Å². The third-order valence-electron chi connectivity index (χ3n) is 3.24. The minimum Gasteiger partial charge on any atom is -0.426 e. The molecule has 142 valence electrons. The first-order valence-electron chi connectivity index (χ1n) is 7.61. The average molecular weight is 443 g/mol. The summed E-state index contributed by atoms with van der Waals surface area (Å²) in [7, 11) is 0. The van der Waals surface area contributed by atoms with E-state index in [1.54, 1.807) is 18.2 Å². The number of alkyl halides is 3. The van der Waals surface area contributed by atoms with Gasteiger partial charge in [-0.2, -0.15) is 18.3 Å². The first-order chi connectivity index (χ1) is 12.6. The Bertz CT molecular complexity index is 882. The van der Waals surface area contributed by atoms with E-state index in [1.807, 2.05) is 0 Å². The molecule has 0 radical (unpaired) electrons. The van der Waals surface area contributed by atoms with Crippen LogP contribution in [0.1, 0.15) is 23.6 Å². The topological polar surface area (TPSA) is 67.8 Å². The Morgan fingerprint density at radius 3 is 2.63 bits per heavy atom. The molecule has 0 fully saturated rings. The second kappa shape index (κ2) is 8.81. The Balaban J connectivity index is 2.04. The van der Waals surface area contributed by atoms with Crippen LogP contribution in [0, 0.1) is 0 Å². The van der Waals surface area contributed by atoms with Gasteiger partial charge < -0.3 is 4.74 Å². The van der Waals surface area contributed by atoms with Gasteiger partial charge in [-0.05, 0) is 29.8 Å². The van der Waals surface area contributed by atoms with Crippen molar-refractivity contribution in [2.75, 3.05) is 0 Å². The van der Waals surface area contributed by atoms with Crippen LogP contribution in [0.2, 0.25) is 0 Å². The lowest BCUT2D eigenvalue weighted by Gasteiger charge is -2.08. The first-order valence-corrected chi connectivity index (χ1v) is 8.40. The average Bonchev–Trinajstić information content (AvgIpc) is 2.56. The lowest BCUT2D eigenvalue weighted by Crippen LogP contribution is -2.20. The number of rotatable bonds is 5. The maximum atomic E-state index is 12.7. The number of hydrazone groups is 1. The summed E-state index contributed by atoms with van der Waals surface area (Å²) in [6.07, 6.45) is -3.47. The summed E-state index contributed by atoms with van der Waals surface area (Å²) in [5, 5.41) is 3.76. The molecule has 0 bridgehead atoms. The molecule has 0 saturated carbocycles. The number of carbonyl (C=O) groups excluding carboxylic acids is 2. The number of amides is 1. The van der Waals surface area contributed by atoms with Crippen molar-refractivity contribution >= 4 is 34.0 Å². The molecule has 0 saturated heterocycles. The number of carbonyl (C=O) groups is 2. The Morgan fingerprint density at radius 1 is 1.22 bits per heavy atom. The molecular formula is C18H14BrF3N2O3. The number of hydrogen-bond donors (Lipinski definition) is 1. The molecule has 0 spiro atoms. The predicted octanol–water partition coefficient (Wildman–Crippen LogP) is 4.09. The van der Waals surface area contributed by atoms with Gasteiger partial charge in [0.15, 0.2) is 0 Å². The number of nitrogens with zero attached hydrogens (tertiary/aromatic N) is 1. The van der Waals surface area contributed by atoms with E-state index >= 15 is 0 Å². The summed E-state index contributed by atoms with van der Waals surface area (Å²) in [6.45, 7) is 1.25. The van der Waals surface area contributed by atoms with Gasteiger partial charge in [-0.25, -0.2) is 5.43 Å². The summed E-state index contributed by atoms with van der Waals surface area (Å²) < 4.78 is 43.8. The number of esters is 1. The Labute approximate surface area is 161 Å². The number of benzene rings is 2. The van der Waals surface area contributed by atoms with E-state index in [2.05, 4.69) is 26.5 Å². The van der Waals surface area contributed by atoms with Crippen molar-refractivity contribution in [1.82, 2.24) is 5.43 Å². The molecule has 1 N–H and O–H groups in total. The lowest BCUT2D eigenvalue weighted by atomic mass is 10.1. The highest BCUT2D eigenvalue weighted by Crippen LogP contribution is 2.29. The van der Waals surface area contributed by atoms with Crippen molar-refractivity contribution < 1.29 is 27.5 Å². The number of ether oxygens (including phenoxy) is 1.